The Balaban J connectivity index is 1.60. The van der Waals surface area contributed by atoms with Crippen molar-refractivity contribution in [2.45, 2.75) is 83.6 Å². The van der Waals surface area contributed by atoms with Crippen molar-refractivity contribution in [3.63, 3.8) is 0 Å². The molecule has 2 rings (SSSR count). The van der Waals surface area contributed by atoms with Crippen LogP contribution in [0.4, 0.5) is 0 Å². The van der Waals surface area contributed by atoms with E-state index >= 15 is 0 Å². The second kappa shape index (κ2) is 7.91. The normalized spacial score (nSPS) is 30.9. The van der Waals surface area contributed by atoms with Gasteiger partial charge in [-0.25, -0.2) is 0 Å². The number of ether oxygens (including phenoxy) is 2. The lowest BCUT2D eigenvalue weighted by Crippen LogP contribution is -2.61. The van der Waals surface area contributed by atoms with E-state index in [0.29, 0.717) is 31.4 Å². The van der Waals surface area contributed by atoms with Crippen LogP contribution in [0.3, 0.4) is 0 Å². The van der Waals surface area contributed by atoms with Crippen molar-refractivity contribution < 1.29 is 14.6 Å². The molecule has 2 aliphatic rings. The Morgan fingerprint density at radius 3 is 2.52 bits per heavy atom. The lowest BCUT2D eigenvalue weighted by molar-refractivity contribution is -0.116. The summed E-state index contributed by atoms with van der Waals surface area (Å²) in [5.74, 6) is 0. The quantitative estimate of drug-likeness (QED) is 0.723. The summed E-state index contributed by atoms with van der Waals surface area (Å²) in [6.07, 6.45) is 7.54. The molecule has 2 N–H and O–H groups in total. The second-order valence-corrected chi connectivity index (χ2v) is 7.21. The third-order valence-corrected chi connectivity index (χ3v) is 5.22. The van der Waals surface area contributed by atoms with Crippen LogP contribution in [0.5, 0.6) is 0 Å². The van der Waals surface area contributed by atoms with E-state index in [2.05, 4.69) is 19.2 Å². The zero-order valence-electron chi connectivity index (χ0n) is 13.9. The Labute approximate surface area is 129 Å². The molecular weight excluding hydrogens is 266 g/mol. The Morgan fingerprint density at radius 2 is 1.90 bits per heavy atom. The van der Waals surface area contributed by atoms with E-state index in [1.807, 2.05) is 6.92 Å². The summed E-state index contributed by atoms with van der Waals surface area (Å²) < 4.78 is 11.6. The molecule has 0 spiro atoms. The predicted molar refractivity (Wildman–Crippen MR) is 84.4 cm³/mol. The highest BCUT2D eigenvalue weighted by molar-refractivity contribution is 5.02. The zero-order valence-corrected chi connectivity index (χ0v) is 13.9. The molecular formula is C17H33NO3. The smallest absolute Gasteiger partial charge is 0.0897 e. The first-order valence-corrected chi connectivity index (χ1v) is 8.68. The molecule has 3 atom stereocenters. The third kappa shape index (κ3) is 4.65. The van der Waals surface area contributed by atoms with Gasteiger partial charge in [0.05, 0.1) is 24.9 Å². The molecule has 0 saturated heterocycles. The fourth-order valence-electron chi connectivity index (χ4n) is 3.53. The molecule has 2 aliphatic carbocycles. The van der Waals surface area contributed by atoms with Gasteiger partial charge in [-0.1, -0.05) is 33.1 Å². The fraction of sp³-hybridized carbons (Fsp3) is 1.00. The number of hydrogen-bond donors (Lipinski definition) is 2. The van der Waals surface area contributed by atoms with Crippen LogP contribution in [0.15, 0.2) is 0 Å². The first-order chi connectivity index (χ1) is 10.0. The number of hydrogen-bond acceptors (Lipinski definition) is 4. The monoisotopic (exact) mass is 299 g/mol. The SMILES string of the molecule is CCOC1CC(NCC(O)COC2CCCCC2)C1(C)C. The topological polar surface area (TPSA) is 50.7 Å². The van der Waals surface area contributed by atoms with Crippen molar-refractivity contribution in [2.75, 3.05) is 19.8 Å². The van der Waals surface area contributed by atoms with Crippen LogP contribution in [-0.4, -0.2) is 49.2 Å². The van der Waals surface area contributed by atoms with Crippen molar-refractivity contribution in [1.82, 2.24) is 5.32 Å². The molecule has 4 nitrogen and oxygen atoms in total. The maximum Gasteiger partial charge on any atom is 0.0897 e. The molecule has 4 heteroatoms. The molecule has 0 bridgehead atoms. The van der Waals surface area contributed by atoms with E-state index in [1.54, 1.807) is 0 Å². The van der Waals surface area contributed by atoms with Gasteiger partial charge in [-0.15, -0.1) is 0 Å². The average molecular weight is 299 g/mol. The number of aliphatic hydroxyl groups is 1. The Morgan fingerprint density at radius 1 is 1.19 bits per heavy atom. The summed E-state index contributed by atoms with van der Waals surface area (Å²) in [5.41, 5.74) is 0.153. The van der Waals surface area contributed by atoms with E-state index in [4.69, 9.17) is 9.47 Å². The van der Waals surface area contributed by atoms with E-state index in [9.17, 15) is 5.11 Å². The van der Waals surface area contributed by atoms with Gasteiger partial charge in [0.2, 0.25) is 0 Å². The largest absolute Gasteiger partial charge is 0.389 e. The number of rotatable bonds is 8. The lowest BCUT2D eigenvalue weighted by Gasteiger charge is -2.52. The van der Waals surface area contributed by atoms with Crippen molar-refractivity contribution in [3.8, 4) is 0 Å². The second-order valence-electron chi connectivity index (χ2n) is 7.21. The van der Waals surface area contributed by atoms with Crippen LogP contribution in [0, 0.1) is 5.41 Å². The van der Waals surface area contributed by atoms with Crippen molar-refractivity contribution in [3.05, 3.63) is 0 Å². The maximum absolute atomic E-state index is 10.1. The first kappa shape index (κ1) is 17.2. The van der Waals surface area contributed by atoms with Crippen LogP contribution in [0.2, 0.25) is 0 Å². The van der Waals surface area contributed by atoms with Crippen LogP contribution in [0.1, 0.15) is 59.3 Å². The predicted octanol–water partition coefficient (Wildman–Crippen LogP) is 2.49. The highest BCUT2D eigenvalue weighted by Crippen LogP contribution is 2.42. The van der Waals surface area contributed by atoms with Gasteiger partial charge in [-0.05, 0) is 26.2 Å². The molecule has 2 fully saturated rings. The van der Waals surface area contributed by atoms with E-state index in [0.717, 1.165) is 25.9 Å². The van der Waals surface area contributed by atoms with Gasteiger partial charge in [-0.2, -0.15) is 0 Å². The molecule has 0 heterocycles. The first-order valence-electron chi connectivity index (χ1n) is 8.68. The van der Waals surface area contributed by atoms with Crippen LogP contribution < -0.4 is 5.32 Å². The molecule has 2 saturated carbocycles. The van der Waals surface area contributed by atoms with Gasteiger partial charge in [0, 0.05) is 24.6 Å². The standard InChI is InChI=1S/C17H33NO3/c1-4-20-16-10-15(17(16,2)3)18-11-13(19)12-21-14-8-6-5-7-9-14/h13-16,18-19H,4-12H2,1-3H3. The molecule has 0 aromatic heterocycles. The average Bonchev–Trinajstić information content (AvgIpc) is 2.49. The molecule has 0 aromatic rings. The minimum Gasteiger partial charge on any atom is -0.389 e. The van der Waals surface area contributed by atoms with Crippen molar-refractivity contribution in [2.24, 2.45) is 5.41 Å². The summed E-state index contributed by atoms with van der Waals surface area (Å²) >= 11 is 0. The summed E-state index contributed by atoms with van der Waals surface area (Å²) in [4.78, 5) is 0. The Hall–Kier alpha value is -0.160. The molecule has 124 valence electrons. The zero-order chi connectivity index (χ0) is 15.3. The molecule has 0 amide bonds. The van der Waals surface area contributed by atoms with Crippen molar-refractivity contribution >= 4 is 0 Å². The Kier molecular flexibility index (Phi) is 6.48. The number of nitrogens with one attached hydrogen (secondary N) is 1. The highest BCUT2D eigenvalue weighted by Gasteiger charge is 2.48. The van der Waals surface area contributed by atoms with Gasteiger partial charge < -0.3 is 19.9 Å². The minimum absolute atomic E-state index is 0.153. The number of aliphatic hydroxyl groups excluding tert-OH is 1. The lowest BCUT2D eigenvalue weighted by atomic mass is 9.64. The van der Waals surface area contributed by atoms with Crippen molar-refractivity contribution in [1.29, 1.82) is 0 Å². The molecule has 0 aromatic carbocycles. The van der Waals surface area contributed by atoms with Gasteiger partial charge in [0.25, 0.3) is 0 Å². The summed E-state index contributed by atoms with van der Waals surface area (Å²) in [5, 5.41) is 13.5. The van der Waals surface area contributed by atoms with Crippen LogP contribution in [0.25, 0.3) is 0 Å². The van der Waals surface area contributed by atoms with Gasteiger partial charge in [0.1, 0.15) is 0 Å². The molecule has 21 heavy (non-hydrogen) atoms. The highest BCUT2D eigenvalue weighted by atomic mass is 16.5. The summed E-state index contributed by atoms with van der Waals surface area (Å²) in [6, 6.07) is 0.429. The summed E-state index contributed by atoms with van der Waals surface area (Å²) in [6.45, 7) is 8.36. The summed E-state index contributed by atoms with van der Waals surface area (Å²) in [7, 11) is 0. The minimum atomic E-state index is -0.408. The third-order valence-electron chi connectivity index (χ3n) is 5.22. The van der Waals surface area contributed by atoms with Crippen LogP contribution >= 0.6 is 0 Å². The maximum atomic E-state index is 10.1. The van der Waals surface area contributed by atoms with E-state index in [1.165, 1.54) is 19.3 Å². The molecule has 0 radical (unpaired) electrons. The van der Waals surface area contributed by atoms with Gasteiger partial charge >= 0.3 is 0 Å². The van der Waals surface area contributed by atoms with E-state index in [-0.39, 0.29) is 5.41 Å². The van der Waals surface area contributed by atoms with Gasteiger partial charge in [-0.3, -0.25) is 0 Å². The van der Waals surface area contributed by atoms with E-state index < -0.39 is 6.10 Å². The van der Waals surface area contributed by atoms with Crippen LogP contribution in [-0.2, 0) is 9.47 Å². The fourth-order valence-corrected chi connectivity index (χ4v) is 3.53. The Bertz CT molecular complexity index is 302. The molecule has 3 unspecified atom stereocenters. The van der Waals surface area contributed by atoms with Gasteiger partial charge in [0.15, 0.2) is 0 Å². The molecule has 0 aliphatic heterocycles.